The van der Waals surface area contributed by atoms with Gasteiger partial charge < -0.3 is 15.7 Å². The average Bonchev–Trinajstić information content (AvgIpc) is 2.80. The minimum Gasteiger partial charge on any atom is -0.394 e. The maximum Gasteiger partial charge on any atom is 0.224 e. The molecule has 0 radical (unpaired) electrons. The molecule has 0 spiro atoms. The van der Waals surface area contributed by atoms with E-state index in [2.05, 4.69) is 15.7 Å². The van der Waals surface area contributed by atoms with Gasteiger partial charge in [0.25, 0.3) is 0 Å². The van der Waals surface area contributed by atoms with Crippen LogP contribution in [0.4, 0.5) is 11.4 Å². The largest absolute Gasteiger partial charge is 0.394 e. The van der Waals surface area contributed by atoms with E-state index in [1.807, 2.05) is 49.7 Å². The molecule has 6 nitrogen and oxygen atoms in total. The van der Waals surface area contributed by atoms with E-state index in [4.69, 9.17) is 5.11 Å². The summed E-state index contributed by atoms with van der Waals surface area (Å²) < 4.78 is 1.82. The summed E-state index contributed by atoms with van der Waals surface area (Å²) >= 11 is 0. The molecule has 0 aliphatic carbocycles. The van der Waals surface area contributed by atoms with E-state index in [9.17, 15) is 4.79 Å². The van der Waals surface area contributed by atoms with Gasteiger partial charge in [0, 0.05) is 35.6 Å². The van der Waals surface area contributed by atoms with Crippen molar-refractivity contribution >= 4 is 17.3 Å². The molecule has 3 N–H and O–H groups in total. The normalized spacial score (nSPS) is 10.6. The Balaban J connectivity index is 2.06. The lowest BCUT2D eigenvalue weighted by Gasteiger charge is -2.10. The summed E-state index contributed by atoms with van der Waals surface area (Å²) in [6, 6.07) is 7.65. The first-order valence-corrected chi connectivity index (χ1v) is 7.82. The first kappa shape index (κ1) is 17.0. The maximum absolute atomic E-state index is 11.5. The molecule has 1 heterocycles. The van der Waals surface area contributed by atoms with Crippen LogP contribution >= 0.6 is 0 Å². The molecule has 0 saturated heterocycles. The molecule has 0 unspecified atom stereocenters. The van der Waals surface area contributed by atoms with Gasteiger partial charge in [0.1, 0.15) is 0 Å². The van der Waals surface area contributed by atoms with Crippen LogP contribution < -0.4 is 10.6 Å². The highest BCUT2D eigenvalue weighted by atomic mass is 16.3. The molecule has 0 bridgehead atoms. The Morgan fingerprint density at radius 3 is 2.74 bits per heavy atom. The molecule has 23 heavy (non-hydrogen) atoms. The monoisotopic (exact) mass is 316 g/mol. The summed E-state index contributed by atoms with van der Waals surface area (Å²) in [5, 5.41) is 19.7. The summed E-state index contributed by atoms with van der Waals surface area (Å²) in [7, 11) is 0. The third kappa shape index (κ3) is 4.32. The number of aliphatic hydroxyl groups is 1. The van der Waals surface area contributed by atoms with Gasteiger partial charge in [-0.15, -0.1) is 0 Å². The van der Waals surface area contributed by atoms with Crippen LogP contribution in [-0.4, -0.2) is 27.4 Å². The van der Waals surface area contributed by atoms with Crippen molar-refractivity contribution in [2.45, 2.75) is 40.3 Å². The highest BCUT2D eigenvalue weighted by Gasteiger charge is 2.11. The van der Waals surface area contributed by atoms with Gasteiger partial charge in [-0.1, -0.05) is 13.0 Å². The zero-order valence-electron chi connectivity index (χ0n) is 13.9. The van der Waals surface area contributed by atoms with Gasteiger partial charge >= 0.3 is 0 Å². The number of hydrogen-bond acceptors (Lipinski definition) is 4. The van der Waals surface area contributed by atoms with Crippen LogP contribution in [0.25, 0.3) is 0 Å². The molecule has 2 aromatic rings. The van der Waals surface area contributed by atoms with Crippen LogP contribution in [0, 0.1) is 13.8 Å². The van der Waals surface area contributed by atoms with Gasteiger partial charge in [-0.05, 0) is 32.0 Å². The first-order chi connectivity index (χ1) is 11.0. The Hall–Kier alpha value is -2.34. The summed E-state index contributed by atoms with van der Waals surface area (Å²) in [4.78, 5) is 11.5. The number of aliphatic hydroxyl groups excluding tert-OH is 1. The zero-order valence-corrected chi connectivity index (χ0v) is 13.9. The number of hydrogen-bond donors (Lipinski definition) is 3. The number of carbonyl (C=O) groups is 1. The van der Waals surface area contributed by atoms with Crippen molar-refractivity contribution in [3.8, 4) is 0 Å². The van der Waals surface area contributed by atoms with Crippen molar-refractivity contribution in [2.24, 2.45) is 0 Å². The predicted molar refractivity (Wildman–Crippen MR) is 91.5 cm³/mol. The Morgan fingerprint density at radius 1 is 1.30 bits per heavy atom. The van der Waals surface area contributed by atoms with Gasteiger partial charge in [0.05, 0.1) is 18.8 Å². The standard InChI is InChI=1S/C17H24N4O2/c1-4-17(23)19-15-7-5-6-14(10-15)18-11-16-12(2)20-21(8-9-22)13(16)3/h5-7,10,18,22H,4,8-9,11H2,1-3H3,(H,19,23). The number of aryl methyl sites for hydroxylation is 1. The van der Waals surface area contributed by atoms with Crippen LogP contribution in [0.15, 0.2) is 24.3 Å². The number of benzene rings is 1. The molecule has 1 aromatic carbocycles. The van der Waals surface area contributed by atoms with Crippen molar-refractivity contribution in [3.63, 3.8) is 0 Å². The van der Waals surface area contributed by atoms with E-state index >= 15 is 0 Å². The fourth-order valence-corrected chi connectivity index (χ4v) is 2.45. The molecule has 124 valence electrons. The highest BCUT2D eigenvalue weighted by molar-refractivity contribution is 5.90. The van der Waals surface area contributed by atoms with Crippen molar-refractivity contribution in [2.75, 3.05) is 17.2 Å². The number of rotatable bonds is 7. The number of nitrogens with zero attached hydrogens (tertiary/aromatic N) is 2. The maximum atomic E-state index is 11.5. The fourth-order valence-electron chi connectivity index (χ4n) is 2.45. The Kier molecular flexibility index (Phi) is 5.76. The molecule has 1 aromatic heterocycles. The minimum atomic E-state index is -0.000816. The first-order valence-electron chi connectivity index (χ1n) is 7.82. The third-order valence-electron chi connectivity index (χ3n) is 3.78. The quantitative estimate of drug-likeness (QED) is 0.733. The molecule has 0 aliphatic heterocycles. The smallest absolute Gasteiger partial charge is 0.224 e. The van der Waals surface area contributed by atoms with Crippen molar-refractivity contribution in [1.29, 1.82) is 0 Å². The van der Waals surface area contributed by atoms with Crippen LogP contribution in [-0.2, 0) is 17.9 Å². The molecule has 2 rings (SSSR count). The van der Waals surface area contributed by atoms with Gasteiger partial charge in [0.15, 0.2) is 0 Å². The van der Waals surface area contributed by atoms with Crippen molar-refractivity contribution < 1.29 is 9.90 Å². The van der Waals surface area contributed by atoms with E-state index in [0.29, 0.717) is 19.5 Å². The predicted octanol–water partition coefficient (Wildman–Crippen LogP) is 2.45. The van der Waals surface area contributed by atoms with Gasteiger partial charge in [0.2, 0.25) is 5.91 Å². The molecule has 0 saturated carbocycles. The summed E-state index contributed by atoms with van der Waals surface area (Å²) in [5.74, 6) is -0.000816. The lowest BCUT2D eigenvalue weighted by Crippen LogP contribution is -2.10. The second kappa shape index (κ2) is 7.78. The Bertz CT molecular complexity index is 679. The Labute approximate surface area is 136 Å². The lowest BCUT2D eigenvalue weighted by atomic mass is 10.2. The summed E-state index contributed by atoms with van der Waals surface area (Å²) in [6.07, 6.45) is 0.458. The Morgan fingerprint density at radius 2 is 2.04 bits per heavy atom. The topological polar surface area (TPSA) is 79.2 Å². The van der Waals surface area contributed by atoms with Crippen LogP contribution in [0.1, 0.15) is 30.3 Å². The van der Waals surface area contributed by atoms with Crippen molar-refractivity contribution in [1.82, 2.24) is 9.78 Å². The number of nitrogens with one attached hydrogen (secondary N) is 2. The van der Waals surface area contributed by atoms with Crippen LogP contribution in [0.3, 0.4) is 0 Å². The third-order valence-corrected chi connectivity index (χ3v) is 3.78. The SMILES string of the molecule is CCC(=O)Nc1cccc(NCc2c(C)nn(CCO)c2C)c1. The van der Waals surface area contributed by atoms with Crippen LogP contribution in [0.5, 0.6) is 0 Å². The zero-order chi connectivity index (χ0) is 16.8. The van der Waals surface area contributed by atoms with Crippen LogP contribution in [0.2, 0.25) is 0 Å². The molecule has 6 heteroatoms. The number of amides is 1. The van der Waals surface area contributed by atoms with E-state index < -0.39 is 0 Å². The van der Waals surface area contributed by atoms with Gasteiger partial charge in [-0.2, -0.15) is 5.10 Å². The van der Waals surface area contributed by atoms with Gasteiger partial charge in [-0.25, -0.2) is 0 Å². The molecule has 0 fully saturated rings. The second-order valence-corrected chi connectivity index (χ2v) is 5.43. The molecule has 0 aliphatic rings. The highest BCUT2D eigenvalue weighted by Crippen LogP contribution is 2.19. The summed E-state index contributed by atoms with van der Waals surface area (Å²) in [5.41, 5.74) is 4.86. The average molecular weight is 316 g/mol. The second-order valence-electron chi connectivity index (χ2n) is 5.43. The minimum absolute atomic E-state index is 0.000816. The fraction of sp³-hybridized carbons (Fsp3) is 0.412. The molecule has 0 atom stereocenters. The lowest BCUT2D eigenvalue weighted by molar-refractivity contribution is -0.115. The van der Waals surface area contributed by atoms with E-state index in [-0.39, 0.29) is 12.5 Å². The molecular formula is C17H24N4O2. The number of aromatic nitrogens is 2. The molecular weight excluding hydrogens is 292 g/mol. The van der Waals surface area contributed by atoms with E-state index in [1.165, 1.54) is 0 Å². The summed E-state index contributed by atoms with van der Waals surface area (Å²) in [6.45, 7) is 7.03. The van der Waals surface area contributed by atoms with E-state index in [0.717, 1.165) is 28.3 Å². The number of carbonyl (C=O) groups excluding carboxylic acids is 1. The van der Waals surface area contributed by atoms with Gasteiger partial charge in [-0.3, -0.25) is 9.48 Å². The molecule has 1 amide bonds. The number of anilines is 2. The van der Waals surface area contributed by atoms with Crippen molar-refractivity contribution in [3.05, 3.63) is 41.2 Å². The van der Waals surface area contributed by atoms with E-state index in [1.54, 1.807) is 0 Å².